The molecule has 2 N–H and O–H groups in total. The molecule has 2 atom stereocenters. The highest BCUT2D eigenvalue weighted by Gasteiger charge is 2.17. The summed E-state index contributed by atoms with van der Waals surface area (Å²) in [6.45, 7) is 3.92. The van der Waals surface area contributed by atoms with Crippen LogP contribution in [-0.2, 0) is 4.74 Å². The fraction of sp³-hybridized carbons (Fsp3) is 0.600. The minimum absolute atomic E-state index is 0.161. The number of nitrogens with one attached hydrogen (secondary N) is 1. The molecule has 6 heteroatoms. The molecule has 1 aliphatic heterocycles. The second-order valence-corrected chi connectivity index (χ2v) is 5.33. The lowest BCUT2D eigenvalue weighted by atomic mass is 10.2. The third-order valence-electron chi connectivity index (χ3n) is 3.35. The molecule has 1 aromatic carbocycles. The standard InChI is InChI=1S/C15H23FN2O3/c1-18-6-7-20-15(10-18)9-17-8-13(19)11-21-14-4-2-12(16)3-5-14/h2-5,13,15,17,19H,6-11H2,1H3/t13-,15-/m1/s1. The number of halogens is 1. The third kappa shape index (κ3) is 5.97. The highest BCUT2D eigenvalue weighted by atomic mass is 19.1. The van der Waals surface area contributed by atoms with Gasteiger partial charge in [0.25, 0.3) is 0 Å². The minimum Gasteiger partial charge on any atom is -0.491 e. The second-order valence-electron chi connectivity index (χ2n) is 5.33. The Labute approximate surface area is 124 Å². The topological polar surface area (TPSA) is 54.0 Å². The van der Waals surface area contributed by atoms with Gasteiger partial charge in [-0.25, -0.2) is 4.39 Å². The van der Waals surface area contributed by atoms with E-state index in [0.29, 0.717) is 18.8 Å². The number of aliphatic hydroxyl groups excluding tert-OH is 1. The van der Waals surface area contributed by atoms with Crippen molar-refractivity contribution in [1.82, 2.24) is 10.2 Å². The van der Waals surface area contributed by atoms with E-state index in [9.17, 15) is 9.50 Å². The molecule has 21 heavy (non-hydrogen) atoms. The molecule has 0 aliphatic carbocycles. The van der Waals surface area contributed by atoms with Crippen molar-refractivity contribution in [2.75, 3.05) is 46.4 Å². The van der Waals surface area contributed by atoms with Crippen LogP contribution in [0.1, 0.15) is 0 Å². The number of likely N-dealkylation sites (N-methyl/N-ethyl adjacent to an activating group) is 1. The van der Waals surface area contributed by atoms with E-state index in [-0.39, 0.29) is 18.5 Å². The van der Waals surface area contributed by atoms with Gasteiger partial charge in [0, 0.05) is 26.2 Å². The van der Waals surface area contributed by atoms with Gasteiger partial charge in [-0.2, -0.15) is 0 Å². The van der Waals surface area contributed by atoms with Gasteiger partial charge < -0.3 is 24.8 Å². The fourth-order valence-corrected chi connectivity index (χ4v) is 2.18. The predicted octanol–water partition coefficient (Wildman–Crippen LogP) is 0.486. The SMILES string of the molecule is CN1CCO[C@H](CNC[C@@H](O)COc2ccc(F)cc2)C1. The molecular weight excluding hydrogens is 275 g/mol. The molecule has 0 spiro atoms. The van der Waals surface area contributed by atoms with E-state index in [1.54, 1.807) is 12.1 Å². The number of hydrogen-bond acceptors (Lipinski definition) is 5. The molecule has 5 nitrogen and oxygen atoms in total. The predicted molar refractivity (Wildman–Crippen MR) is 78.0 cm³/mol. The molecule has 0 radical (unpaired) electrons. The van der Waals surface area contributed by atoms with E-state index in [0.717, 1.165) is 19.7 Å². The number of aliphatic hydroxyl groups is 1. The van der Waals surface area contributed by atoms with Gasteiger partial charge in [0.05, 0.1) is 12.7 Å². The summed E-state index contributed by atoms with van der Waals surface area (Å²) < 4.78 is 23.7. The van der Waals surface area contributed by atoms with Crippen molar-refractivity contribution in [2.45, 2.75) is 12.2 Å². The smallest absolute Gasteiger partial charge is 0.123 e. The van der Waals surface area contributed by atoms with E-state index < -0.39 is 6.10 Å². The molecule has 0 bridgehead atoms. The molecule has 1 saturated heterocycles. The van der Waals surface area contributed by atoms with Gasteiger partial charge in [-0.3, -0.25) is 0 Å². The van der Waals surface area contributed by atoms with Crippen LogP contribution in [0.2, 0.25) is 0 Å². The summed E-state index contributed by atoms with van der Waals surface area (Å²) in [6.07, 6.45) is -0.453. The van der Waals surface area contributed by atoms with Crippen LogP contribution in [-0.4, -0.2) is 68.7 Å². The third-order valence-corrected chi connectivity index (χ3v) is 3.35. The van der Waals surface area contributed by atoms with E-state index in [4.69, 9.17) is 9.47 Å². The van der Waals surface area contributed by atoms with Crippen molar-refractivity contribution in [3.05, 3.63) is 30.1 Å². The van der Waals surface area contributed by atoms with Crippen LogP contribution < -0.4 is 10.1 Å². The Morgan fingerprint density at radius 3 is 2.95 bits per heavy atom. The molecule has 0 saturated carbocycles. The maximum Gasteiger partial charge on any atom is 0.123 e. The molecule has 2 rings (SSSR count). The first-order valence-corrected chi connectivity index (χ1v) is 7.21. The van der Waals surface area contributed by atoms with Crippen molar-refractivity contribution < 1.29 is 19.0 Å². The maximum atomic E-state index is 12.7. The Kier molecular flexibility index (Phi) is 6.38. The molecule has 0 aromatic heterocycles. The van der Waals surface area contributed by atoms with Gasteiger partial charge in [-0.15, -0.1) is 0 Å². The summed E-state index contributed by atoms with van der Waals surface area (Å²) in [4.78, 5) is 2.23. The zero-order chi connectivity index (χ0) is 15.1. The molecule has 0 amide bonds. The highest BCUT2D eigenvalue weighted by Crippen LogP contribution is 2.11. The van der Waals surface area contributed by atoms with Gasteiger partial charge >= 0.3 is 0 Å². The van der Waals surface area contributed by atoms with Gasteiger partial charge in [-0.05, 0) is 31.3 Å². The first-order chi connectivity index (χ1) is 10.1. The van der Waals surface area contributed by atoms with Crippen LogP contribution in [0.4, 0.5) is 4.39 Å². The second kappa shape index (κ2) is 8.29. The summed E-state index contributed by atoms with van der Waals surface area (Å²) in [5.41, 5.74) is 0. The average Bonchev–Trinajstić information content (AvgIpc) is 2.47. The van der Waals surface area contributed by atoms with E-state index in [1.807, 2.05) is 0 Å². The van der Waals surface area contributed by atoms with Gasteiger partial charge in [0.1, 0.15) is 24.3 Å². The quantitative estimate of drug-likeness (QED) is 0.767. The van der Waals surface area contributed by atoms with Crippen LogP contribution in [0.5, 0.6) is 5.75 Å². The van der Waals surface area contributed by atoms with Crippen molar-refractivity contribution in [1.29, 1.82) is 0 Å². The van der Waals surface area contributed by atoms with Crippen LogP contribution >= 0.6 is 0 Å². The summed E-state index contributed by atoms with van der Waals surface area (Å²) in [7, 11) is 2.07. The van der Waals surface area contributed by atoms with Gasteiger partial charge in [0.2, 0.25) is 0 Å². The molecule has 0 unspecified atom stereocenters. The van der Waals surface area contributed by atoms with Crippen LogP contribution in [0.3, 0.4) is 0 Å². The first kappa shape index (κ1) is 16.2. The van der Waals surface area contributed by atoms with Crippen molar-refractivity contribution in [3.8, 4) is 5.75 Å². The number of nitrogens with zero attached hydrogens (tertiary/aromatic N) is 1. The molecule has 1 fully saturated rings. The maximum absolute atomic E-state index is 12.7. The Morgan fingerprint density at radius 2 is 2.24 bits per heavy atom. The van der Waals surface area contributed by atoms with Crippen LogP contribution in [0, 0.1) is 5.82 Å². The lowest BCUT2D eigenvalue weighted by molar-refractivity contribution is -0.0196. The summed E-state index contributed by atoms with van der Waals surface area (Å²) in [5.74, 6) is 0.245. The number of morpholine rings is 1. The zero-order valence-corrected chi connectivity index (χ0v) is 12.3. The first-order valence-electron chi connectivity index (χ1n) is 7.21. The molecule has 118 valence electrons. The van der Waals surface area contributed by atoms with E-state index in [1.165, 1.54) is 12.1 Å². The number of ether oxygens (including phenoxy) is 2. The number of hydrogen-bond donors (Lipinski definition) is 2. The van der Waals surface area contributed by atoms with Gasteiger partial charge in [-0.1, -0.05) is 0 Å². The Bertz CT molecular complexity index is 416. The van der Waals surface area contributed by atoms with Crippen molar-refractivity contribution in [2.24, 2.45) is 0 Å². The largest absolute Gasteiger partial charge is 0.491 e. The molecule has 1 aliphatic rings. The molecule has 1 heterocycles. The van der Waals surface area contributed by atoms with Crippen LogP contribution in [0.25, 0.3) is 0 Å². The van der Waals surface area contributed by atoms with E-state index in [2.05, 4.69) is 17.3 Å². The normalized spacial score (nSPS) is 21.2. The fourth-order valence-electron chi connectivity index (χ4n) is 2.18. The monoisotopic (exact) mass is 298 g/mol. The summed E-state index contributed by atoms with van der Waals surface area (Å²) in [5, 5.41) is 13.0. The summed E-state index contributed by atoms with van der Waals surface area (Å²) in [6, 6.07) is 5.75. The minimum atomic E-state index is -0.614. The zero-order valence-electron chi connectivity index (χ0n) is 12.3. The van der Waals surface area contributed by atoms with Crippen LogP contribution in [0.15, 0.2) is 24.3 Å². The Hall–Kier alpha value is -1.21. The number of benzene rings is 1. The number of rotatable bonds is 7. The van der Waals surface area contributed by atoms with Gasteiger partial charge in [0.15, 0.2) is 0 Å². The lowest BCUT2D eigenvalue weighted by Crippen LogP contribution is -2.46. The Balaban J connectivity index is 1.59. The summed E-state index contributed by atoms with van der Waals surface area (Å²) >= 11 is 0. The molecule has 1 aromatic rings. The average molecular weight is 298 g/mol. The molecular formula is C15H23FN2O3. The highest BCUT2D eigenvalue weighted by molar-refractivity contribution is 5.22. The van der Waals surface area contributed by atoms with Crippen molar-refractivity contribution >= 4 is 0 Å². The lowest BCUT2D eigenvalue weighted by Gasteiger charge is -2.30. The van der Waals surface area contributed by atoms with E-state index >= 15 is 0 Å². The Morgan fingerprint density at radius 1 is 1.48 bits per heavy atom. The van der Waals surface area contributed by atoms with Crippen molar-refractivity contribution in [3.63, 3.8) is 0 Å².